The summed E-state index contributed by atoms with van der Waals surface area (Å²) in [5.74, 6) is -0.138. The Morgan fingerprint density at radius 1 is 1.06 bits per heavy atom. The van der Waals surface area contributed by atoms with Gasteiger partial charge in [0.05, 0.1) is 4.90 Å². The van der Waals surface area contributed by atoms with Gasteiger partial charge in [-0.25, -0.2) is 13.4 Å². The number of rotatable bonds is 8. The maximum atomic E-state index is 13.5. The van der Waals surface area contributed by atoms with Gasteiger partial charge in [-0.05, 0) is 49.4 Å². The number of ether oxygens (including phenoxy) is 1. The van der Waals surface area contributed by atoms with Crippen LogP contribution in [0, 0.1) is 0 Å². The molecule has 3 aromatic rings. The van der Waals surface area contributed by atoms with Crippen LogP contribution in [-0.4, -0.2) is 57.8 Å². The molecule has 0 saturated heterocycles. The monoisotopic (exact) mass is 509 g/mol. The van der Waals surface area contributed by atoms with Gasteiger partial charge >= 0.3 is 6.18 Å². The number of pyridine rings is 1. The molecule has 2 atom stereocenters. The molecule has 0 amide bonds. The summed E-state index contributed by atoms with van der Waals surface area (Å²) in [6.45, 7) is 0.774. The van der Waals surface area contributed by atoms with Crippen LogP contribution >= 0.6 is 0 Å². The van der Waals surface area contributed by atoms with Crippen LogP contribution in [0.1, 0.15) is 38.6 Å². The number of hydrogen-bond donors (Lipinski definition) is 0. The molecule has 0 aliphatic heterocycles. The average Bonchev–Trinajstić information content (AvgIpc) is 3.38. The van der Waals surface area contributed by atoms with Crippen molar-refractivity contribution in [3.05, 3.63) is 55.2 Å². The highest BCUT2D eigenvalue weighted by atomic mass is 32.2. The van der Waals surface area contributed by atoms with Gasteiger partial charge in [0.1, 0.15) is 12.7 Å². The van der Waals surface area contributed by atoms with Crippen molar-refractivity contribution in [1.82, 2.24) is 24.1 Å². The number of sulfonamides is 1. The Labute approximate surface area is 201 Å². The number of hydrogen-bond acceptors (Lipinski definition) is 6. The molecule has 188 valence electrons. The van der Waals surface area contributed by atoms with E-state index < -0.39 is 22.8 Å². The Morgan fingerprint density at radius 2 is 1.74 bits per heavy atom. The summed E-state index contributed by atoms with van der Waals surface area (Å²) in [5, 5.41) is 7.73. The number of benzene rings is 1. The van der Waals surface area contributed by atoms with Crippen molar-refractivity contribution < 1.29 is 26.3 Å². The Bertz CT molecular complexity index is 1200. The van der Waals surface area contributed by atoms with Crippen molar-refractivity contribution in [3.8, 4) is 17.0 Å². The van der Waals surface area contributed by atoms with E-state index in [0.717, 1.165) is 19.3 Å². The van der Waals surface area contributed by atoms with Crippen LogP contribution in [0.2, 0.25) is 0 Å². The van der Waals surface area contributed by atoms with Gasteiger partial charge in [-0.2, -0.15) is 17.5 Å². The molecule has 1 aliphatic rings. The van der Waals surface area contributed by atoms with Crippen LogP contribution in [0.4, 0.5) is 13.2 Å². The molecule has 35 heavy (non-hydrogen) atoms. The predicted molar refractivity (Wildman–Crippen MR) is 122 cm³/mol. The minimum Gasteiger partial charge on any atom is -0.468 e. The van der Waals surface area contributed by atoms with Gasteiger partial charge in [-0.3, -0.25) is 0 Å². The van der Waals surface area contributed by atoms with Crippen LogP contribution < -0.4 is 4.74 Å². The first-order valence-corrected chi connectivity index (χ1v) is 12.7. The van der Waals surface area contributed by atoms with E-state index in [4.69, 9.17) is 0 Å². The van der Waals surface area contributed by atoms with E-state index in [2.05, 4.69) is 19.9 Å². The molecule has 0 bridgehead atoms. The lowest BCUT2D eigenvalue weighted by Gasteiger charge is -2.36. The summed E-state index contributed by atoms with van der Waals surface area (Å²) < 4.78 is 72.0. The number of nitrogens with zero attached hydrogens (tertiary/aromatic N) is 5. The van der Waals surface area contributed by atoms with E-state index in [1.807, 2.05) is 11.5 Å². The number of alkyl halides is 3. The molecule has 1 aliphatic carbocycles. The van der Waals surface area contributed by atoms with Crippen molar-refractivity contribution in [2.75, 3.05) is 13.2 Å². The third-order valence-electron chi connectivity index (χ3n) is 6.11. The van der Waals surface area contributed by atoms with Crippen molar-refractivity contribution >= 4 is 10.0 Å². The number of aromatic nitrogens is 4. The lowest BCUT2D eigenvalue weighted by Crippen LogP contribution is -2.43. The second-order valence-electron chi connectivity index (χ2n) is 8.41. The third kappa shape index (κ3) is 5.99. The maximum absolute atomic E-state index is 13.5. The van der Waals surface area contributed by atoms with Gasteiger partial charge in [0, 0.05) is 36.5 Å². The summed E-state index contributed by atoms with van der Waals surface area (Å²) in [6, 6.07) is 9.37. The van der Waals surface area contributed by atoms with E-state index >= 15 is 0 Å². The fraction of sp³-hybridized carbons (Fsp3) is 0.435. The zero-order valence-electron chi connectivity index (χ0n) is 19.1. The van der Waals surface area contributed by atoms with Crippen LogP contribution in [0.3, 0.4) is 0 Å². The fourth-order valence-corrected chi connectivity index (χ4v) is 6.11. The van der Waals surface area contributed by atoms with Gasteiger partial charge in [0.25, 0.3) is 0 Å². The largest absolute Gasteiger partial charge is 0.468 e. The molecule has 1 saturated carbocycles. The standard InChI is InChI=1S/C23H26F3N5O3S/c1-2-31(20-5-3-4-19(12-20)30-15-28-29-16-30)35(32,33)21-9-6-17(7-10-21)18-8-11-22(27-13-18)34-14-23(24,25)26/h6-11,13,15-16,19-20H,2-5,12,14H2,1H3/t19-,20+/m1/s1. The zero-order valence-corrected chi connectivity index (χ0v) is 19.9. The molecular formula is C23H26F3N5O3S. The average molecular weight is 510 g/mol. The Morgan fingerprint density at radius 3 is 2.34 bits per heavy atom. The molecule has 12 heteroatoms. The van der Waals surface area contributed by atoms with E-state index in [-0.39, 0.29) is 22.9 Å². The highest BCUT2D eigenvalue weighted by Gasteiger charge is 2.34. The minimum atomic E-state index is -4.44. The molecule has 0 unspecified atom stereocenters. The second kappa shape index (κ2) is 10.3. The Hall–Kier alpha value is -2.99. The Balaban J connectivity index is 1.47. The molecule has 1 aromatic carbocycles. The van der Waals surface area contributed by atoms with Gasteiger partial charge in [-0.15, -0.1) is 10.2 Å². The highest BCUT2D eigenvalue weighted by molar-refractivity contribution is 7.89. The first kappa shape index (κ1) is 25.1. The van der Waals surface area contributed by atoms with Crippen LogP contribution in [0.15, 0.2) is 60.1 Å². The lowest BCUT2D eigenvalue weighted by molar-refractivity contribution is -0.154. The molecule has 4 rings (SSSR count). The summed E-state index contributed by atoms with van der Waals surface area (Å²) in [4.78, 5) is 4.09. The van der Waals surface area contributed by atoms with Crippen LogP contribution in [-0.2, 0) is 10.0 Å². The minimum absolute atomic E-state index is 0.126. The maximum Gasteiger partial charge on any atom is 0.422 e. The van der Waals surface area contributed by atoms with Gasteiger partial charge in [0.2, 0.25) is 15.9 Å². The normalized spacial score (nSPS) is 19.1. The van der Waals surface area contributed by atoms with Crippen LogP contribution in [0.25, 0.3) is 11.1 Å². The van der Waals surface area contributed by atoms with E-state index in [1.54, 1.807) is 47.3 Å². The quantitative estimate of drug-likeness (QED) is 0.445. The third-order valence-corrected chi connectivity index (χ3v) is 8.15. The van der Waals surface area contributed by atoms with Gasteiger partial charge in [-0.1, -0.05) is 19.1 Å². The predicted octanol–water partition coefficient (Wildman–Crippen LogP) is 4.48. The van der Waals surface area contributed by atoms with Gasteiger partial charge in [0.15, 0.2) is 6.61 Å². The SMILES string of the molecule is CCN([C@H]1CCC[C@@H](n2cnnc2)C1)S(=O)(=O)c1ccc(-c2ccc(OCC(F)(F)F)nc2)cc1. The molecule has 2 aromatic heterocycles. The van der Waals surface area contributed by atoms with Crippen molar-refractivity contribution in [3.63, 3.8) is 0 Å². The molecule has 1 fully saturated rings. The van der Waals surface area contributed by atoms with Gasteiger partial charge < -0.3 is 9.30 Å². The van der Waals surface area contributed by atoms with Crippen molar-refractivity contribution in [2.45, 2.75) is 55.8 Å². The lowest BCUT2D eigenvalue weighted by atomic mass is 9.91. The summed E-state index contributed by atoms with van der Waals surface area (Å²) in [7, 11) is -3.72. The molecule has 0 radical (unpaired) electrons. The highest BCUT2D eigenvalue weighted by Crippen LogP contribution is 2.34. The molecule has 8 nitrogen and oxygen atoms in total. The second-order valence-corrected chi connectivity index (χ2v) is 10.3. The molecule has 0 spiro atoms. The molecule has 0 N–H and O–H groups in total. The summed E-state index contributed by atoms with van der Waals surface area (Å²) in [6.07, 6.45) is 3.63. The Kier molecular flexibility index (Phi) is 7.41. The molecule has 2 heterocycles. The zero-order chi connectivity index (χ0) is 25.1. The van der Waals surface area contributed by atoms with Crippen LogP contribution in [0.5, 0.6) is 5.88 Å². The van der Waals surface area contributed by atoms with Crippen molar-refractivity contribution in [2.24, 2.45) is 0 Å². The topological polar surface area (TPSA) is 90.2 Å². The van der Waals surface area contributed by atoms with E-state index in [1.165, 1.54) is 12.3 Å². The number of halogens is 3. The smallest absolute Gasteiger partial charge is 0.422 e. The van der Waals surface area contributed by atoms with E-state index in [9.17, 15) is 21.6 Å². The fourth-order valence-electron chi connectivity index (χ4n) is 4.44. The summed E-state index contributed by atoms with van der Waals surface area (Å²) >= 11 is 0. The molecular weight excluding hydrogens is 483 g/mol. The van der Waals surface area contributed by atoms with Crippen molar-refractivity contribution in [1.29, 1.82) is 0 Å². The van der Waals surface area contributed by atoms with E-state index in [0.29, 0.717) is 24.1 Å². The first-order chi connectivity index (χ1) is 16.7. The summed E-state index contributed by atoms with van der Waals surface area (Å²) in [5.41, 5.74) is 1.32. The first-order valence-electron chi connectivity index (χ1n) is 11.3.